The van der Waals surface area contributed by atoms with E-state index in [1.165, 1.54) is 0 Å². The van der Waals surface area contributed by atoms with Crippen LogP contribution < -0.4 is 0 Å². The lowest BCUT2D eigenvalue weighted by molar-refractivity contribution is 0.127. The number of nitrogens with zero attached hydrogens (tertiary/aromatic N) is 1. The van der Waals surface area contributed by atoms with Gasteiger partial charge >= 0.3 is 0 Å². The van der Waals surface area contributed by atoms with E-state index in [9.17, 15) is 5.11 Å². The molecule has 0 saturated heterocycles. The van der Waals surface area contributed by atoms with Gasteiger partial charge in [0.25, 0.3) is 0 Å². The summed E-state index contributed by atoms with van der Waals surface area (Å²) in [5, 5.41) is 12.0. The molecule has 0 spiro atoms. The first-order chi connectivity index (χ1) is 8.22. The zero-order valence-corrected chi connectivity index (χ0v) is 10.9. The fourth-order valence-corrected chi connectivity index (χ4v) is 4.06. The molecular formula is C13H14ClNOS. The van der Waals surface area contributed by atoms with Crippen LogP contribution in [0.1, 0.15) is 24.8 Å². The quantitative estimate of drug-likeness (QED) is 0.848. The van der Waals surface area contributed by atoms with Crippen molar-refractivity contribution in [2.24, 2.45) is 4.99 Å². The van der Waals surface area contributed by atoms with Gasteiger partial charge in [-0.1, -0.05) is 23.7 Å². The van der Waals surface area contributed by atoms with E-state index in [2.05, 4.69) is 0 Å². The summed E-state index contributed by atoms with van der Waals surface area (Å²) in [6.07, 6.45) is 2.61. The lowest BCUT2D eigenvalue weighted by Gasteiger charge is -2.26. The molecule has 1 heterocycles. The molecule has 0 radical (unpaired) electrons. The largest absolute Gasteiger partial charge is 0.393 e. The third-order valence-electron chi connectivity index (χ3n) is 3.35. The van der Waals surface area contributed by atoms with Gasteiger partial charge in [0.1, 0.15) is 0 Å². The van der Waals surface area contributed by atoms with E-state index in [1.54, 1.807) is 11.8 Å². The van der Waals surface area contributed by atoms with Crippen molar-refractivity contribution in [3.05, 3.63) is 34.9 Å². The number of aliphatic hydroxyl groups is 1. The van der Waals surface area contributed by atoms with Crippen molar-refractivity contribution in [2.45, 2.75) is 36.7 Å². The Balaban J connectivity index is 1.82. The third-order valence-corrected chi connectivity index (χ3v) is 4.96. The second kappa shape index (κ2) is 4.63. The SMILES string of the molecule is OC1CCC2N=C(c3cccc(Cl)c3)SC2C1. The van der Waals surface area contributed by atoms with Gasteiger partial charge in [-0.15, -0.1) is 11.8 Å². The molecule has 1 aromatic rings. The normalized spacial score (nSPS) is 32.1. The summed E-state index contributed by atoms with van der Waals surface area (Å²) in [6, 6.07) is 8.23. The number of fused-ring (bicyclic) bond motifs is 1. The Kier molecular flexibility index (Phi) is 3.16. The molecule has 2 aliphatic rings. The van der Waals surface area contributed by atoms with Crippen LogP contribution >= 0.6 is 23.4 Å². The highest BCUT2D eigenvalue weighted by Crippen LogP contribution is 2.39. The average molecular weight is 268 g/mol. The number of hydrogen-bond acceptors (Lipinski definition) is 3. The maximum Gasteiger partial charge on any atom is 0.0984 e. The standard InChI is InChI=1S/C13H14ClNOS/c14-9-3-1-2-8(6-9)13-15-11-5-4-10(16)7-12(11)17-13/h1-3,6,10-12,16H,4-5,7H2. The van der Waals surface area contributed by atoms with Crippen LogP contribution in [0.4, 0.5) is 0 Å². The summed E-state index contributed by atoms with van der Waals surface area (Å²) >= 11 is 7.79. The molecule has 3 unspecified atom stereocenters. The molecule has 1 N–H and O–H groups in total. The van der Waals surface area contributed by atoms with E-state index < -0.39 is 0 Å². The number of rotatable bonds is 1. The van der Waals surface area contributed by atoms with E-state index in [1.807, 2.05) is 24.3 Å². The summed E-state index contributed by atoms with van der Waals surface area (Å²) in [5.74, 6) is 0. The third kappa shape index (κ3) is 2.37. The lowest BCUT2D eigenvalue weighted by atomic mass is 9.93. The lowest BCUT2D eigenvalue weighted by Crippen LogP contribution is -2.30. The minimum atomic E-state index is -0.141. The molecule has 1 aromatic carbocycles. The fraction of sp³-hybridized carbons (Fsp3) is 0.462. The first-order valence-electron chi connectivity index (χ1n) is 5.91. The number of benzene rings is 1. The van der Waals surface area contributed by atoms with Crippen molar-refractivity contribution in [2.75, 3.05) is 0 Å². The van der Waals surface area contributed by atoms with Gasteiger partial charge in [0, 0.05) is 15.8 Å². The molecule has 90 valence electrons. The van der Waals surface area contributed by atoms with Crippen LogP contribution in [-0.2, 0) is 0 Å². The Bertz CT molecular complexity index is 462. The van der Waals surface area contributed by atoms with Crippen LogP contribution in [0.5, 0.6) is 0 Å². The van der Waals surface area contributed by atoms with Crippen LogP contribution in [0, 0.1) is 0 Å². The van der Waals surface area contributed by atoms with E-state index in [4.69, 9.17) is 16.6 Å². The van der Waals surface area contributed by atoms with Gasteiger partial charge < -0.3 is 5.11 Å². The van der Waals surface area contributed by atoms with Gasteiger partial charge in [0.15, 0.2) is 0 Å². The van der Waals surface area contributed by atoms with Gasteiger partial charge in [0.2, 0.25) is 0 Å². The second-order valence-corrected chi connectivity index (χ2v) is 6.30. The molecule has 4 heteroatoms. The van der Waals surface area contributed by atoms with Crippen molar-refractivity contribution in [3.8, 4) is 0 Å². The minimum absolute atomic E-state index is 0.141. The summed E-state index contributed by atoms with van der Waals surface area (Å²) in [7, 11) is 0. The Morgan fingerprint density at radius 3 is 3.06 bits per heavy atom. The second-order valence-electron chi connectivity index (χ2n) is 4.64. The highest BCUT2D eigenvalue weighted by atomic mass is 35.5. The molecular weight excluding hydrogens is 254 g/mol. The molecule has 0 aromatic heterocycles. The minimum Gasteiger partial charge on any atom is -0.393 e. The summed E-state index contributed by atoms with van der Waals surface area (Å²) in [5.41, 5.74) is 1.10. The smallest absolute Gasteiger partial charge is 0.0984 e. The van der Waals surface area contributed by atoms with Crippen LogP contribution in [0.3, 0.4) is 0 Å². The molecule has 1 fully saturated rings. The monoisotopic (exact) mass is 267 g/mol. The van der Waals surface area contributed by atoms with Gasteiger partial charge in [0.05, 0.1) is 17.2 Å². The predicted molar refractivity (Wildman–Crippen MR) is 73.0 cm³/mol. The number of halogens is 1. The fourth-order valence-electron chi connectivity index (χ4n) is 2.45. The van der Waals surface area contributed by atoms with E-state index in [0.717, 1.165) is 34.9 Å². The van der Waals surface area contributed by atoms with Crippen molar-refractivity contribution >= 4 is 28.4 Å². The molecule has 17 heavy (non-hydrogen) atoms. The van der Waals surface area contributed by atoms with Crippen molar-refractivity contribution in [1.82, 2.24) is 0 Å². The van der Waals surface area contributed by atoms with E-state index >= 15 is 0 Å². The zero-order valence-electron chi connectivity index (χ0n) is 9.34. The molecule has 3 rings (SSSR count). The number of thioether (sulfide) groups is 1. The summed E-state index contributed by atoms with van der Waals surface area (Å²) < 4.78 is 0. The Hall–Kier alpha value is -0.510. The summed E-state index contributed by atoms with van der Waals surface area (Å²) in [6.45, 7) is 0. The number of aliphatic hydroxyl groups excluding tert-OH is 1. The maximum atomic E-state index is 9.67. The van der Waals surface area contributed by atoms with Crippen LogP contribution in [-0.4, -0.2) is 27.5 Å². The Morgan fingerprint density at radius 2 is 2.24 bits per heavy atom. The van der Waals surface area contributed by atoms with Gasteiger partial charge in [-0.3, -0.25) is 4.99 Å². The maximum absolute atomic E-state index is 9.67. The number of hydrogen-bond donors (Lipinski definition) is 1. The summed E-state index contributed by atoms with van der Waals surface area (Å²) in [4.78, 5) is 4.77. The highest BCUT2D eigenvalue weighted by Gasteiger charge is 2.35. The average Bonchev–Trinajstić information content (AvgIpc) is 2.72. The van der Waals surface area contributed by atoms with Crippen molar-refractivity contribution in [3.63, 3.8) is 0 Å². The topological polar surface area (TPSA) is 32.6 Å². The Morgan fingerprint density at radius 1 is 1.35 bits per heavy atom. The molecule has 2 nitrogen and oxygen atoms in total. The van der Waals surface area contributed by atoms with Crippen LogP contribution in [0.25, 0.3) is 0 Å². The molecule has 1 aliphatic heterocycles. The van der Waals surface area contributed by atoms with Gasteiger partial charge in [-0.25, -0.2) is 0 Å². The van der Waals surface area contributed by atoms with Gasteiger partial charge in [-0.2, -0.15) is 0 Å². The van der Waals surface area contributed by atoms with Gasteiger partial charge in [-0.05, 0) is 31.4 Å². The van der Waals surface area contributed by atoms with E-state index in [0.29, 0.717) is 11.3 Å². The first-order valence-corrected chi connectivity index (χ1v) is 7.16. The first kappa shape index (κ1) is 11.6. The number of aliphatic imine (C=N–C) groups is 1. The highest BCUT2D eigenvalue weighted by molar-refractivity contribution is 8.15. The molecule has 0 amide bonds. The molecule has 1 saturated carbocycles. The molecule has 1 aliphatic carbocycles. The van der Waals surface area contributed by atoms with Crippen LogP contribution in [0.2, 0.25) is 5.02 Å². The van der Waals surface area contributed by atoms with Crippen molar-refractivity contribution in [1.29, 1.82) is 0 Å². The van der Waals surface area contributed by atoms with Crippen LogP contribution in [0.15, 0.2) is 29.3 Å². The Labute approximate surface area is 110 Å². The molecule has 3 atom stereocenters. The van der Waals surface area contributed by atoms with Crippen molar-refractivity contribution < 1.29 is 5.11 Å². The van der Waals surface area contributed by atoms with E-state index in [-0.39, 0.29) is 6.10 Å². The zero-order chi connectivity index (χ0) is 11.8. The predicted octanol–water partition coefficient (Wildman–Crippen LogP) is 3.12. The molecule has 0 bridgehead atoms.